The van der Waals surface area contributed by atoms with Crippen molar-refractivity contribution < 1.29 is 14.0 Å². The summed E-state index contributed by atoms with van der Waals surface area (Å²) in [5.41, 5.74) is 5.40. The predicted octanol–water partition coefficient (Wildman–Crippen LogP) is 0.137. The molecule has 0 spiro atoms. The second-order valence-corrected chi connectivity index (χ2v) is 4.28. The summed E-state index contributed by atoms with van der Waals surface area (Å²) in [5, 5.41) is 5.44. The van der Waals surface area contributed by atoms with Crippen LogP contribution in [0.2, 0.25) is 0 Å². The third-order valence-corrected chi connectivity index (χ3v) is 2.93. The number of nitrogens with two attached hydrogens (primary N) is 1. The van der Waals surface area contributed by atoms with Crippen molar-refractivity contribution in [2.45, 2.75) is 31.8 Å². The van der Waals surface area contributed by atoms with Crippen LogP contribution in [0, 0.1) is 0 Å². The minimum absolute atomic E-state index is 0.133. The molecule has 0 radical (unpaired) electrons. The average molecular weight is 251 g/mol. The number of hydrogen-bond acceptors (Lipinski definition) is 4. The molecular formula is C12H17N3O3. The highest BCUT2D eigenvalue weighted by atomic mass is 16.4. The lowest BCUT2D eigenvalue weighted by atomic mass is 10.1. The number of nitrogens with one attached hydrogen (secondary N) is 2. The summed E-state index contributed by atoms with van der Waals surface area (Å²) in [7, 11) is 0. The zero-order valence-electron chi connectivity index (χ0n) is 10.1. The number of furan rings is 1. The zero-order valence-corrected chi connectivity index (χ0v) is 10.1. The van der Waals surface area contributed by atoms with Gasteiger partial charge in [0.1, 0.15) is 11.8 Å². The smallest absolute Gasteiger partial charge is 0.287 e. The highest BCUT2D eigenvalue weighted by molar-refractivity contribution is 5.95. The normalized spacial score (nSPS) is 20.1. The van der Waals surface area contributed by atoms with Crippen molar-refractivity contribution >= 4 is 11.8 Å². The summed E-state index contributed by atoms with van der Waals surface area (Å²) in [6, 6.07) is 2.74. The first kappa shape index (κ1) is 12.6. The van der Waals surface area contributed by atoms with Crippen molar-refractivity contribution in [2.75, 3.05) is 6.54 Å². The molecule has 0 saturated carbocycles. The van der Waals surface area contributed by atoms with E-state index in [9.17, 15) is 9.59 Å². The van der Waals surface area contributed by atoms with Gasteiger partial charge in [0.2, 0.25) is 5.91 Å². The minimum Gasteiger partial charge on any atom is -0.455 e. The van der Waals surface area contributed by atoms with Gasteiger partial charge in [0.25, 0.3) is 5.91 Å². The predicted molar refractivity (Wildman–Crippen MR) is 64.7 cm³/mol. The topological polar surface area (TPSA) is 97.4 Å². The molecule has 6 nitrogen and oxygen atoms in total. The van der Waals surface area contributed by atoms with Crippen LogP contribution in [0.15, 0.2) is 16.5 Å². The van der Waals surface area contributed by atoms with Crippen molar-refractivity contribution in [3.8, 4) is 0 Å². The number of carbonyl (C=O) groups excluding carboxylic acids is 2. The molecule has 4 N–H and O–H groups in total. The van der Waals surface area contributed by atoms with Gasteiger partial charge in [-0.2, -0.15) is 0 Å². The Morgan fingerprint density at radius 2 is 2.33 bits per heavy atom. The van der Waals surface area contributed by atoms with E-state index in [1.807, 2.05) is 0 Å². The molecule has 18 heavy (non-hydrogen) atoms. The van der Waals surface area contributed by atoms with Crippen LogP contribution >= 0.6 is 0 Å². The summed E-state index contributed by atoms with van der Waals surface area (Å²) < 4.78 is 5.23. The van der Waals surface area contributed by atoms with Crippen LogP contribution in [0.3, 0.4) is 0 Å². The van der Waals surface area contributed by atoms with Gasteiger partial charge < -0.3 is 20.8 Å². The largest absolute Gasteiger partial charge is 0.455 e. The van der Waals surface area contributed by atoms with E-state index in [0.717, 1.165) is 12.8 Å². The van der Waals surface area contributed by atoms with Gasteiger partial charge >= 0.3 is 0 Å². The van der Waals surface area contributed by atoms with E-state index in [1.54, 1.807) is 12.1 Å². The van der Waals surface area contributed by atoms with Gasteiger partial charge in [-0.3, -0.25) is 9.59 Å². The summed E-state index contributed by atoms with van der Waals surface area (Å²) >= 11 is 0. The molecule has 0 aliphatic carbocycles. The van der Waals surface area contributed by atoms with E-state index in [1.165, 1.54) is 0 Å². The Hall–Kier alpha value is -1.82. The molecule has 6 heteroatoms. The molecule has 1 saturated heterocycles. The fraction of sp³-hybridized carbons (Fsp3) is 0.500. The summed E-state index contributed by atoms with van der Waals surface area (Å²) in [5.74, 6) is 0.223. The van der Waals surface area contributed by atoms with Crippen molar-refractivity contribution in [1.82, 2.24) is 10.6 Å². The lowest BCUT2D eigenvalue weighted by Gasteiger charge is -2.13. The Labute approximate surface area is 105 Å². The van der Waals surface area contributed by atoms with Gasteiger partial charge in [-0.25, -0.2) is 0 Å². The first-order valence-electron chi connectivity index (χ1n) is 6.08. The van der Waals surface area contributed by atoms with E-state index in [-0.39, 0.29) is 24.1 Å². The lowest BCUT2D eigenvalue weighted by Crippen LogP contribution is -2.45. The molecule has 0 aromatic carbocycles. The van der Waals surface area contributed by atoms with Crippen LogP contribution < -0.4 is 16.4 Å². The standard InChI is InChI=1S/C12H17N3O3/c13-7-8-4-5-10(18-8)12(17)15-9-3-1-2-6-14-11(9)16/h4-5,9H,1-3,6-7,13H2,(H,14,16)(H,15,17). The molecule has 1 fully saturated rings. The van der Waals surface area contributed by atoms with Crippen LogP contribution in [-0.2, 0) is 11.3 Å². The molecule has 1 aliphatic heterocycles. The van der Waals surface area contributed by atoms with Gasteiger partial charge in [-0.1, -0.05) is 0 Å². The first-order chi connectivity index (χ1) is 8.70. The Morgan fingerprint density at radius 1 is 1.50 bits per heavy atom. The second-order valence-electron chi connectivity index (χ2n) is 4.28. The van der Waals surface area contributed by atoms with Crippen LogP contribution in [-0.4, -0.2) is 24.4 Å². The highest BCUT2D eigenvalue weighted by Gasteiger charge is 2.23. The van der Waals surface area contributed by atoms with Crippen molar-refractivity contribution in [3.63, 3.8) is 0 Å². The Balaban J connectivity index is 1.99. The zero-order chi connectivity index (χ0) is 13.0. The first-order valence-corrected chi connectivity index (χ1v) is 6.08. The molecule has 2 heterocycles. The molecule has 1 aromatic heterocycles. The second kappa shape index (κ2) is 5.68. The van der Waals surface area contributed by atoms with E-state index in [4.69, 9.17) is 10.2 Å². The number of rotatable bonds is 3. The fourth-order valence-corrected chi connectivity index (χ4v) is 1.92. The Kier molecular flexibility index (Phi) is 3.99. The fourth-order valence-electron chi connectivity index (χ4n) is 1.92. The molecular weight excluding hydrogens is 234 g/mol. The van der Waals surface area contributed by atoms with Gasteiger partial charge in [0.05, 0.1) is 6.54 Å². The maximum atomic E-state index is 11.9. The van der Waals surface area contributed by atoms with Crippen molar-refractivity contribution in [3.05, 3.63) is 23.7 Å². The number of carbonyl (C=O) groups is 2. The SMILES string of the molecule is NCc1ccc(C(=O)NC2CCCCNC2=O)o1. The van der Waals surface area contributed by atoms with Crippen LogP contribution in [0.25, 0.3) is 0 Å². The molecule has 0 bridgehead atoms. The average Bonchev–Trinajstić information content (AvgIpc) is 2.77. The van der Waals surface area contributed by atoms with E-state index < -0.39 is 6.04 Å². The van der Waals surface area contributed by atoms with Gasteiger partial charge in [0, 0.05) is 6.54 Å². The van der Waals surface area contributed by atoms with Crippen LogP contribution in [0.5, 0.6) is 0 Å². The molecule has 98 valence electrons. The maximum Gasteiger partial charge on any atom is 0.287 e. The lowest BCUT2D eigenvalue weighted by molar-refractivity contribution is -0.122. The van der Waals surface area contributed by atoms with Crippen LogP contribution in [0.1, 0.15) is 35.6 Å². The molecule has 1 aliphatic rings. The number of hydrogen-bond donors (Lipinski definition) is 3. The van der Waals surface area contributed by atoms with E-state index >= 15 is 0 Å². The van der Waals surface area contributed by atoms with Gasteiger partial charge in [-0.15, -0.1) is 0 Å². The third-order valence-electron chi connectivity index (χ3n) is 2.93. The van der Waals surface area contributed by atoms with E-state index in [2.05, 4.69) is 10.6 Å². The van der Waals surface area contributed by atoms with Crippen LogP contribution in [0.4, 0.5) is 0 Å². The highest BCUT2D eigenvalue weighted by Crippen LogP contribution is 2.09. The van der Waals surface area contributed by atoms with Crippen molar-refractivity contribution in [1.29, 1.82) is 0 Å². The quantitative estimate of drug-likeness (QED) is 0.711. The molecule has 2 rings (SSSR count). The van der Waals surface area contributed by atoms with Gasteiger partial charge in [-0.05, 0) is 31.4 Å². The molecule has 2 amide bonds. The Morgan fingerprint density at radius 3 is 3.06 bits per heavy atom. The molecule has 1 atom stereocenters. The minimum atomic E-state index is -0.480. The molecule has 1 aromatic rings. The van der Waals surface area contributed by atoms with Crippen molar-refractivity contribution in [2.24, 2.45) is 5.73 Å². The number of amides is 2. The van der Waals surface area contributed by atoms with Gasteiger partial charge in [0.15, 0.2) is 5.76 Å². The summed E-state index contributed by atoms with van der Waals surface area (Å²) in [4.78, 5) is 23.5. The summed E-state index contributed by atoms with van der Waals surface area (Å²) in [6.45, 7) is 0.917. The maximum absolute atomic E-state index is 11.9. The van der Waals surface area contributed by atoms with E-state index in [0.29, 0.717) is 18.7 Å². The molecule has 1 unspecified atom stereocenters. The summed E-state index contributed by atoms with van der Waals surface area (Å²) in [6.07, 6.45) is 2.51. The third kappa shape index (κ3) is 2.89. The monoisotopic (exact) mass is 251 g/mol. The Bertz CT molecular complexity index is 442.